The van der Waals surface area contributed by atoms with Crippen molar-refractivity contribution in [1.29, 1.82) is 0 Å². The molecule has 1 aromatic carbocycles. The van der Waals surface area contributed by atoms with E-state index in [9.17, 15) is 0 Å². The third-order valence-electron chi connectivity index (χ3n) is 2.94. The van der Waals surface area contributed by atoms with Gasteiger partial charge >= 0.3 is 0 Å². The van der Waals surface area contributed by atoms with Gasteiger partial charge in [0.2, 0.25) is 0 Å². The van der Waals surface area contributed by atoms with Crippen molar-refractivity contribution < 1.29 is 0 Å². The van der Waals surface area contributed by atoms with Gasteiger partial charge in [0.1, 0.15) is 0 Å². The smallest absolute Gasteiger partial charge is 0.0702 e. The molecule has 102 valence electrons. The SMILES string of the molecule is CCCNC(c1ccc(Br)s1)c1cc(C)ccc1Br. The number of aryl methyl sites for hydroxylation is 1. The van der Waals surface area contributed by atoms with Gasteiger partial charge in [0.05, 0.1) is 9.83 Å². The lowest BCUT2D eigenvalue weighted by atomic mass is 10.0. The van der Waals surface area contributed by atoms with Crippen LogP contribution in [0.1, 0.15) is 35.4 Å². The van der Waals surface area contributed by atoms with Gasteiger partial charge in [-0.3, -0.25) is 0 Å². The molecule has 1 N–H and O–H groups in total. The fourth-order valence-corrected chi connectivity index (χ4v) is 4.01. The molecule has 4 heteroatoms. The topological polar surface area (TPSA) is 12.0 Å². The summed E-state index contributed by atoms with van der Waals surface area (Å²) in [5.74, 6) is 0. The molecule has 1 heterocycles. The molecule has 0 radical (unpaired) electrons. The fraction of sp³-hybridized carbons (Fsp3) is 0.333. The van der Waals surface area contributed by atoms with Crippen molar-refractivity contribution in [3.8, 4) is 0 Å². The van der Waals surface area contributed by atoms with Gasteiger partial charge in [-0.05, 0) is 59.6 Å². The summed E-state index contributed by atoms with van der Waals surface area (Å²) in [7, 11) is 0. The summed E-state index contributed by atoms with van der Waals surface area (Å²) >= 11 is 9.02. The van der Waals surface area contributed by atoms with Crippen LogP contribution in [0.25, 0.3) is 0 Å². The van der Waals surface area contributed by atoms with E-state index in [1.54, 1.807) is 11.3 Å². The Labute approximate surface area is 135 Å². The van der Waals surface area contributed by atoms with E-state index < -0.39 is 0 Å². The highest BCUT2D eigenvalue weighted by Crippen LogP contribution is 2.34. The zero-order chi connectivity index (χ0) is 13.8. The van der Waals surface area contributed by atoms with Crippen LogP contribution < -0.4 is 5.32 Å². The monoisotopic (exact) mass is 401 g/mol. The fourth-order valence-electron chi connectivity index (χ4n) is 2.02. The Balaban J connectivity index is 2.39. The molecule has 1 unspecified atom stereocenters. The predicted molar refractivity (Wildman–Crippen MR) is 91.0 cm³/mol. The normalized spacial score (nSPS) is 12.6. The second-order valence-corrected chi connectivity index (χ2v) is 7.90. The number of hydrogen-bond donors (Lipinski definition) is 1. The van der Waals surface area contributed by atoms with Gasteiger partial charge in [-0.15, -0.1) is 11.3 Å². The third kappa shape index (κ3) is 3.91. The van der Waals surface area contributed by atoms with Crippen LogP contribution in [0, 0.1) is 6.92 Å². The summed E-state index contributed by atoms with van der Waals surface area (Å²) in [5.41, 5.74) is 2.60. The molecule has 2 rings (SSSR count). The molecule has 19 heavy (non-hydrogen) atoms. The molecular weight excluding hydrogens is 386 g/mol. The second-order valence-electron chi connectivity index (χ2n) is 4.55. The molecule has 0 aliphatic heterocycles. The number of benzene rings is 1. The van der Waals surface area contributed by atoms with Crippen molar-refractivity contribution in [1.82, 2.24) is 5.32 Å². The molecule has 0 aliphatic rings. The average Bonchev–Trinajstić information content (AvgIpc) is 2.80. The number of hydrogen-bond acceptors (Lipinski definition) is 2. The maximum atomic E-state index is 3.68. The van der Waals surface area contributed by atoms with Gasteiger partial charge in [-0.1, -0.05) is 40.5 Å². The number of rotatable bonds is 5. The zero-order valence-corrected chi connectivity index (χ0v) is 15.0. The highest BCUT2D eigenvalue weighted by molar-refractivity contribution is 9.11. The summed E-state index contributed by atoms with van der Waals surface area (Å²) in [6.07, 6.45) is 1.13. The minimum atomic E-state index is 0.255. The molecule has 1 atom stereocenters. The zero-order valence-electron chi connectivity index (χ0n) is 11.0. The van der Waals surface area contributed by atoms with Gasteiger partial charge < -0.3 is 5.32 Å². The summed E-state index contributed by atoms with van der Waals surface area (Å²) in [4.78, 5) is 1.34. The summed E-state index contributed by atoms with van der Waals surface area (Å²) in [6.45, 7) is 5.34. The Morgan fingerprint density at radius 3 is 2.63 bits per heavy atom. The van der Waals surface area contributed by atoms with Crippen molar-refractivity contribution in [2.75, 3.05) is 6.54 Å². The van der Waals surface area contributed by atoms with E-state index >= 15 is 0 Å². The van der Waals surface area contributed by atoms with Crippen LogP contribution in [0.5, 0.6) is 0 Å². The van der Waals surface area contributed by atoms with E-state index in [4.69, 9.17) is 0 Å². The maximum absolute atomic E-state index is 3.68. The average molecular weight is 403 g/mol. The van der Waals surface area contributed by atoms with Crippen LogP contribution in [-0.2, 0) is 0 Å². The first-order chi connectivity index (χ1) is 9.11. The lowest BCUT2D eigenvalue weighted by Gasteiger charge is -2.19. The minimum Gasteiger partial charge on any atom is -0.306 e. The molecule has 0 amide bonds. The first-order valence-electron chi connectivity index (χ1n) is 6.36. The summed E-state index contributed by atoms with van der Waals surface area (Å²) < 4.78 is 2.34. The van der Waals surface area contributed by atoms with Crippen LogP contribution in [0.3, 0.4) is 0 Å². The van der Waals surface area contributed by atoms with E-state index in [0.29, 0.717) is 0 Å². The van der Waals surface area contributed by atoms with Crippen molar-refractivity contribution in [3.05, 3.63) is 54.6 Å². The Morgan fingerprint density at radius 2 is 2.00 bits per heavy atom. The van der Waals surface area contributed by atoms with Crippen LogP contribution in [0.15, 0.2) is 38.6 Å². The van der Waals surface area contributed by atoms with E-state index in [2.05, 4.69) is 81.4 Å². The van der Waals surface area contributed by atoms with Crippen molar-refractivity contribution >= 4 is 43.2 Å². The molecule has 1 aromatic heterocycles. The maximum Gasteiger partial charge on any atom is 0.0702 e. The summed E-state index contributed by atoms with van der Waals surface area (Å²) in [5, 5.41) is 3.64. The van der Waals surface area contributed by atoms with Crippen LogP contribution in [-0.4, -0.2) is 6.54 Å². The van der Waals surface area contributed by atoms with Gasteiger partial charge in [0.15, 0.2) is 0 Å². The Morgan fingerprint density at radius 1 is 1.21 bits per heavy atom. The number of thiophene rings is 1. The van der Waals surface area contributed by atoms with Crippen molar-refractivity contribution in [3.63, 3.8) is 0 Å². The largest absolute Gasteiger partial charge is 0.306 e. The molecule has 0 bridgehead atoms. The number of halogens is 2. The molecule has 1 nitrogen and oxygen atoms in total. The Bertz CT molecular complexity index is 551. The van der Waals surface area contributed by atoms with E-state index in [1.807, 2.05) is 0 Å². The minimum absolute atomic E-state index is 0.255. The highest BCUT2D eigenvalue weighted by Gasteiger charge is 2.18. The lowest BCUT2D eigenvalue weighted by molar-refractivity contribution is 0.604. The molecular formula is C15H17Br2NS. The molecule has 0 fully saturated rings. The van der Waals surface area contributed by atoms with Gasteiger partial charge in [0.25, 0.3) is 0 Å². The van der Waals surface area contributed by atoms with Crippen molar-refractivity contribution in [2.45, 2.75) is 26.3 Å². The highest BCUT2D eigenvalue weighted by atomic mass is 79.9. The third-order valence-corrected chi connectivity index (χ3v) is 5.35. The van der Waals surface area contributed by atoms with Gasteiger partial charge in [-0.2, -0.15) is 0 Å². The summed E-state index contributed by atoms with van der Waals surface area (Å²) in [6, 6.07) is 11.1. The van der Waals surface area contributed by atoms with Gasteiger partial charge in [0, 0.05) is 9.35 Å². The standard InChI is InChI=1S/C15H17Br2NS/c1-3-8-18-15(13-6-7-14(17)19-13)11-9-10(2)4-5-12(11)16/h4-7,9,15,18H,3,8H2,1-2H3. The second kappa shape index (κ2) is 7.02. The van der Waals surface area contributed by atoms with E-state index in [1.165, 1.54) is 19.8 Å². The molecule has 0 saturated carbocycles. The van der Waals surface area contributed by atoms with Crippen LogP contribution >= 0.6 is 43.2 Å². The lowest BCUT2D eigenvalue weighted by Crippen LogP contribution is -2.22. The molecule has 0 saturated heterocycles. The Hall–Kier alpha value is -0.160. The molecule has 2 aromatic rings. The number of nitrogens with one attached hydrogen (secondary N) is 1. The van der Waals surface area contributed by atoms with Crippen LogP contribution in [0.2, 0.25) is 0 Å². The van der Waals surface area contributed by atoms with Crippen molar-refractivity contribution in [2.24, 2.45) is 0 Å². The van der Waals surface area contributed by atoms with E-state index in [0.717, 1.165) is 17.4 Å². The quantitative estimate of drug-likeness (QED) is 0.679. The molecule has 0 aliphatic carbocycles. The van der Waals surface area contributed by atoms with E-state index in [-0.39, 0.29) is 6.04 Å². The first-order valence-corrected chi connectivity index (χ1v) is 8.76. The Kier molecular flexibility index (Phi) is 5.63. The first kappa shape index (κ1) is 15.2. The van der Waals surface area contributed by atoms with Gasteiger partial charge in [-0.25, -0.2) is 0 Å². The predicted octanol–water partition coefficient (Wildman–Crippen LogP) is 5.67. The molecule has 0 spiro atoms. The van der Waals surface area contributed by atoms with Crippen LogP contribution in [0.4, 0.5) is 0 Å².